The normalized spacial score (nSPS) is 11.3. The van der Waals surface area contributed by atoms with Crippen LogP contribution in [-0.4, -0.2) is 23.6 Å². The highest BCUT2D eigenvalue weighted by molar-refractivity contribution is 5.47. The lowest BCUT2D eigenvalue weighted by Crippen LogP contribution is -2.28. The highest BCUT2D eigenvalue weighted by Crippen LogP contribution is 2.17. The molecule has 1 aromatic heterocycles. The Morgan fingerprint density at radius 1 is 1.19 bits per heavy atom. The summed E-state index contributed by atoms with van der Waals surface area (Å²) in [4.78, 5) is 6.86. The lowest BCUT2D eigenvalue weighted by molar-refractivity contribution is 0.630. The van der Waals surface area contributed by atoms with Gasteiger partial charge < -0.3 is 10.2 Å². The number of aromatic nitrogens is 1. The fourth-order valence-electron chi connectivity index (χ4n) is 1.60. The highest BCUT2D eigenvalue weighted by Gasteiger charge is 2.11. The Hall–Kier alpha value is -1.25. The van der Waals surface area contributed by atoms with Crippen LogP contribution in [0.15, 0.2) is 18.2 Å². The molecule has 0 saturated heterocycles. The van der Waals surface area contributed by atoms with Crippen molar-refractivity contribution in [1.29, 1.82) is 0 Å². The smallest absolute Gasteiger partial charge is 0.130 e. The average molecular weight is 221 g/mol. The number of hydrogen-bond acceptors (Lipinski definition) is 3. The van der Waals surface area contributed by atoms with E-state index in [2.05, 4.69) is 62.0 Å². The molecular formula is C13H23N3. The maximum absolute atomic E-state index is 4.61. The van der Waals surface area contributed by atoms with Gasteiger partial charge in [-0.1, -0.05) is 6.07 Å². The molecule has 90 valence electrons. The summed E-state index contributed by atoms with van der Waals surface area (Å²) >= 11 is 0. The zero-order valence-electron chi connectivity index (χ0n) is 11.0. The number of anilines is 2. The van der Waals surface area contributed by atoms with E-state index in [1.54, 1.807) is 0 Å². The van der Waals surface area contributed by atoms with Gasteiger partial charge >= 0.3 is 0 Å². The second-order valence-electron chi connectivity index (χ2n) is 4.93. The molecule has 0 unspecified atom stereocenters. The summed E-state index contributed by atoms with van der Waals surface area (Å²) in [6.45, 7) is 12.7. The Kier molecular flexibility index (Phi) is 4.16. The second kappa shape index (κ2) is 5.19. The molecule has 0 aliphatic heterocycles. The molecule has 0 atom stereocenters. The van der Waals surface area contributed by atoms with Crippen molar-refractivity contribution in [3.63, 3.8) is 0 Å². The van der Waals surface area contributed by atoms with Crippen molar-refractivity contribution in [3.05, 3.63) is 18.2 Å². The molecule has 16 heavy (non-hydrogen) atoms. The molecule has 0 amide bonds. The molecular weight excluding hydrogens is 198 g/mol. The summed E-state index contributed by atoms with van der Waals surface area (Å²) in [5.41, 5.74) is 0.0505. The van der Waals surface area contributed by atoms with Crippen molar-refractivity contribution in [1.82, 2.24) is 4.98 Å². The summed E-state index contributed by atoms with van der Waals surface area (Å²) in [5.74, 6) is 1.98. The molecule has 3 nitrogen and oxygen atoms in total. The molecule has 1 aromatic rings. The number of hydrogen-bond donors (Lipinski definition) is 1. The summed E-state index contributed by atoms with van der Waals surface area (Å²) in [6, 6.07) is 6.12. The van der Waals surface area contributed by atoms with E-state index in [0.717, 1.165) is 24.7 Å². The molecule has 1 N–H and O–H groups in total. The number of nitrogens with one attached hydrogen (secondary N) is 1. The molecule has 0 aliphatic carbocycles. The zero-order valence-corrected chi connectivity index (χ0v) is 11.0. The quantitative estimate of drug-likeness (QED) is 0.846. The number of nitrogens with zero attached hydrogens (tertiary/aromatic N) is 2. The summed E-state index contributed by atoms with van der Waals surface area (Å²) in [6.07, 6.45) is 0. The van der Waals surface area contributed by atoms with Crippen LogP contribution in [0, 0.1) is 0 Å². The fraction of sp³-hybridized carbons (Fsp3) is 0.615. The summed E-state index contributed by atoms with van der Waals surface area (Å²) in [7, 11) is 0. The minimum Gasteiger partial charge on any atom is -0.365 e. The van der Waals surface area contributed by atoms with Crippen molar-refractivity contribution < 1.29 is 0 Å². The first-order chi connectivity index (χ1) is 7.46. The molecule has 0 aromatic carbocycles. The average Bonchev–Trinajstić information content (AvgIpc) is 2.17. The van der Waals surface area contributed by atoms with Gasteiger partial charge in [0.25, 0.3) is 0 Å². The lowest BCUT2D eigenvalue weighted by atomic mass is 10.1. The molecule has 1 rings (SSSR count). The van der Waals surface area contributed by atoms with E-state index >= 15 is 0 Å². The van der Waals surface area contributed by atoms with Gasteiger partial charge in [-0.3, -0.25) is 0 Å². The predicted molar refractivity (Wildman–Crippen MR) is 71.2 cm³/mol. The summed E-state index contributed by atoms with van der Waals surface area (Å²) in [5, 5.41) is 3.39. The van der Waals surface area contributed by atoms with Gasteiger partial charge in [-0.15, -0.1) is 0 Å². The minimum atomic E-state index is 0.0505. The molecule has 0 aliphatic rings. The number of pyridine rings is 1. The van der Waals surface area contributed by atoms with E-state index in [-0.39, 0.29) is 5.54 Å². The van der Waals surface area contributed by atoms with Crippen LogP contribution in [0.5, 0.6) is 0 Å². The van der Waals surface area contributed by atoms with Gasteiger partial charge in [-0.25, -0.2) is 4.98 Å². The first-order valence-corrected chi connectivity index (χ1v) is 5.96. The van der Waals surface area contributed by atoms with E-state index < -0.39 is 0 Å². The highest BCUT2D eigenvalue weighted by atomic mass is 15.2. The van der Waals surface area contributed by atoms with Crippen LogP contribution in [-0.2, 0) is 0 Å². The van der Waals surface area contributed by atoms with Crippen molar-refractivity contribution in [2.45, 2.75) is 40.2 Å². The molecule has 0 fully saturated rings. The first-order valence-electron chi connectivity index (χ1n) is 5.96. The van der Waals surface area contributed by atoms with Crippen LogP contribution >= 0.6 is 0 Å². The zero-order chi connectivity index (χ0) is 12.2. The molecule has 0 radical (unpaired) electrons. The van der Waals surface area contributed by atoms with Gasteiger partial charge in [0, 0.05) is 18.6 Å². The first kappa shape index (κ1) is 12.8. The minimum absolute atomic E-state index is 0.0505. The van der Waals surface area contributed by atoms with E-state index in [4.69, 9.17) is 0 Å². The fourth-order valence-corrected chi connectivity index (χ4v) is 1.60. The number of rotatable bonds is 4. The lowest BCUT2D eigenvalue weighted by Gasteiger charge is -2.24. The van der Waals surface area contributed by atoms with Gasteiger partial charge in [0.1, 0.15) is 11.6 Å². The van der Waals surface area contributed by atoms with Crippen molar-refractivity contribution >= 4 is 11.6 Å². The Bertz CT molecular complexity index is 324. The van der Waals surface area contributed by atoms with Crippen LogP contribution < -0.4 is 10.2 Å². The third kappa shape index (κ3) is 3.72. The van der Waals surface area contributed by atoms with E-state index in [9.17, 15) is 0 Å². The van der Waals surface area contributed by atoms with Gasteiger partial charge in [0.2, 0.25) is 0 Å². The van der Waals surface area contributed by atoms with Crippen molar-refractivity contribution in [2.24, 2.45) is 0 Å². The molecule has 3 heteroatoms. The Balaban J connectivity index is 2.86. The monoisotopic (exact) mass is 221 g/mol. The SMILES string of the molecule is CCN(CC)c1cccc(NC(C)(C)C)n1. The third-order valence-electron chi connectivity index (χ3n) is 2.32. The van der Waals surface area contributed by atoms with Crippen molar-refractivity contribution in [2.75, 3.05) is 23.3 Å². The van der Waals surface area contributed by atoms with Crippen LogP contribution in [0.2, 0.25) is 0 Å². The van der Waals surface area contributed by atoms with Gasteiger partial charge in [-0.2, -0.15) is 0 Å². The van der Waals surface area contributed by atoms with Crippen LogP contribution in [0.25, 0.3) is 0 Å². The molecule has 1 heterocycles. The Morgan fingerprint density at radius 3 is 2.31 bits per heavy atom. The topological polar surface area (TPSA) is 28.2 Å². The van der Waals surface area contributed by atoms with Crippen molar-refractivity contribution in [3.8, 4) is 0 Å². The van der Waals surface area contributed by atoms with Gasteiger partial charge in [0.15, 0.2) is 0 Å². The molecule has 0 bridgehead atoms. The van der Waals surface area contributed by atoms with Crippen LogP contribution in [0.4, 0.5) is 11.6 Å². The molecule has 0 saturated carbocycles. The Labute approximate surface area is 98.9 Å². The van der Waals surface area contributed by atoms with Crippen LogP contribution in [0.1, 0.15) is 34.6 Å². The van der Waals surface area contributed by atoms with Gasteiger partial charge in [0.05, 0.1) is 0 Å². The van der Waals surface area contributed by atoms with Gasteiger partial charge in [-0.05, 0) is 46.8 Å². The van der Waals surface area contributed by atoms with E-state index in [1.165, 1.54) is 0 Å². The Morgan fingerprint density at radius 2 is 1.81 bits per heavy atom. The maximum Gasteiger partial charge on any atom is 0.130 e. The maximum atomic E-state index is 4.61. The van der Waals surface area contributed by atoms with Crippen LogP contribution in [0.3, 0.4) is 0 Å². The largest absolute Gasteiger partial charge is 0.365 e. The molecule has 0 spiro atoms. The van der Waals surface area contributed by atoms with E-state index in [1.807, 2.05) is 6.07 Å². The summed E-state index contributed by atoms with van der Waals surface area (Å²) < 4.78 is 0. The predicted octanol–water partition coefficient (Wildman–Crippen LogP) is 3.14. The van der Waals surface area contributed by atoms with E-state index in [0.29, 0.717) is 0 Å². The second-order valence-corrected chi connectivity index (χ2v) is 4.93. The standard InChI is InChI=1S/C13H23N3/c1-6-16(7-2)12-10-8-9-11(14-12)15-13(3,4)5/h8-10H,6-7H2,1-5H3,(H,14,15). The third-order valence-corrected chi connectivity index (χ3v) is 2.32.